The van der Waals surface area contributed by atoms with E-state index in [1.165, 1.54) is 37.4 Å². The maximum Gasteiger partial charge on any atom is 0.271 e. The van der Waals surface area contributed by atoms with Gasteiger partial charge in [0.15, 0.2) is 0 Å². The molecule has 114 valence electrons. The Labute approximate surface area is 127 Å². The van der Waals surface area contributed by atoms with E-state index in [2.05, 4.69) is 10.5 Å². The van der Waals surface area contributed by atoms with Crippen LogP contribution in [0.1, 0.15) is 22.8 Å². The molecular formula is C16H15FN2O3. The van der Waals surface area contributed by atoms with Crippen molar-refractivity contribution in [2.75, 3.05) is 7.11 Å². The number of aromatic hydroxyl groups is 1. The molecule has 0 unspecified atom stereocenters. The fourth-order valence-electron chi connectivity index (χ4n) is 1.81. The lowest BCUT2D eigenvalue weighted by atomic mass is 10.1. The molecule has 0 aliphatic carbocycles. The third-order valence-corrected chi connectivity index (χ3v) is 3.03. The minimum Gasteiger partial charge on any atom is -0.507 e. The van der Waals surface area contributed by atoms with Gasteiger partial charge in [0.1, 0.15) is 17.3 Å². The molecule has 0 aromatic heterocycles. The van der Waals surface area contributed by atoms with Crippen molar-refractivity contribution in [3.63, 3.8) is 0 Å². The summed E-state index contributed by atoms with van der Waals surface area (Å²) in [6.45, 7) is 1.65. The largest absolute Gasteiger partial charge is 0.507 e. The molecule has 0 atom stereocenters. The van der Waals surface area contributed by atoms with Gasteiger partial charge in [-0.3, -0.25) is 4.79 Å². The molecular weight excluding hydrogens is 287 g/mol. The minimum atomic E-state index is -0.465. The Kier molecular flexibility index (Phi) is 4.73. The van der Waals surface area contributed by atoms with Crippen molar-refractivity contribution in [3.05, 3.63) is 59.4 Å². The second kappa shape index (κ2) is 6.71. The van der Waals surface area contributed by atoms with E-state index in [0.29, 0.717) is 17.0 Å². The monoisotopic (exact) mass is 302 g/mol. The molecule has 2 N–H and O–H groups in total. The highest BCUT2D eigenvalue weighted by molar-refractivity contribution is 6.02. The summed E-state index contributed by atoms with van der Waals surface area (Å²) in [4.78, 5) is 11.9. The van der Waals surface area contributed by atoms with Gasteiger partial charge in [0.25, 0.3) is 5.91 Å². The highest BCUT2D eigenvalue weighted by Gasteiger charge is 2.08. The number of amides is 1. The molecule has 1 amide bonds. The van der Waals surface area contributed by atoms with Crippen LogP contribution >= 0.6 is 0 Å². The van der Waals surface area contributed by atoms with Crippen LogP contribution in [0.5, 0.6) is 11.5 Å². The average molecular weight is 302 g/mol. The van der Waals surface area contributed by atoms with Gasteiger partial charge in [0, 0.05) is 17.2 Å². The predicted molar refractivity (Wildman–Crippen MR) is 80.7 cm³/mol. The van der Waals surface area contributed by atoms with Crippen LogP contribution in [0, 0.1) is 5.82 Å². The number of methoxy groups -OCH3 is 1. The van der Waals surface area contributed by atoms with Crippen LogP contribution in [-0.2, 0) is 0 Å². The van der Waals surface area contributed by atoms with E-state index in [1.54, 1.807) is 19.1 Å². The molecule has 2 aromatic rings. The highest BCUT2D eigenvalue weighted by Crippen LogP contribution is 2.23. The van der Waals surface area contributed by atoms with Gasteiger partial charge in [0.05, 0.1) is 12.8 Å². The summed E-state index contributed by atoms with van der Waals surface area (Å²) in [5, 5.41) is 13.8. The molecule has 6 heteroatoms. The zero-order valence-electron chi connectivity index (χ0n) is 12.1. The smallest absolute Gasteiger partial charge is 0.271 e. The van der Waals surface area contributed by atoms with Gasteiger partial charge in [-0.15, -0.1) is 0 Å². The maximum absolute atomic E-state index is 12.8. The number of phenolic OH excluding ortho intramolecular Hbond substituents is 1. The quantitative estimate of drug-likeness (QED) is 0.674. The maximum atomic E-state index is 12.8. The Morgan fingerprint density at radius 2 is 1.91 bits per heavy atom. The molecule has 0 heterocycles. The molecule has 0 fully saturated rings. The molecule has 0 aliphatic heterocycles. The zero-order chi connectivity index (χ0) is 16.1. The van der Waals surface area contributed by atoms with E-state index in [4.69, 9.17) is 4.74 Å². The molecule has 0 aliphatic rings. The van der Waals surface area contributed by atoms with Crippen molar-refractivity contribution in [1.29, 1.82) is 0 Å². The Morgan fingerprint density at radius 1 is 1.23 bits per heavy atom. The summed E-state index contributed by atoms with van der Waals surface area (Å²) in [6, 6.07) is 9.88. The van der Waals surface area contributed by atoms with Gasteiger partial charge in [-0.05, 0) is 43.3 Å². The van der Waals surface area contributed by atoms with Crippen LogP contribution < -0.4 is 10.2 Å². The topological polar surface area (TPSA) is 70.9 Å². The van der Waals surface area contributed by atoms with E-state index in [1.807, 2.05) is 0 Å². The van der Waals surface area contributed by atoms with Gasteiger partial charge in [0.2, 0.25) is 0 Å². The van der Waals surface area contributed by atoms with Crippen LogP contribution in [0.2, 0.25) is 0 Å². The summed E-state index contributed by atoms with van der Waals surface area (Å²) >= 11 is 0. The third-order valence-electron chi connectivity index (χ3n) is 3.03. The fraction of sp³-hybridized carbons (Fsp3) is 0.125. The number of hydrazone groups is 1. The third kappa shape index (κ3) is 3.60. The van der Waals surface area contributed by atoms with E-state index < -0.39 is 11.7 Å². The molecule has 5 nitrogen and oxygen atoms in total. The van der Waals surface area contributed by atoms with Crippen molar-refractivity contribution in [2.45, 2.75) is 6.92 Å². The van der Waals surface area contributed by atoms with E-state index in [0.717, 1.165) is 0 Å². The Bertz CT molecular complexity index is 712. The molecule has 0 saturated carbocycles. The summed E-state index contributed by atoms with van der Waals surface area (Å²) < 4.78 is 17.8. The van der Waals surface area contributed by atoms with Crippen molar-refractivity contribution >= 4 is 11.6 Å². The van der Waals surface area contributed by atoms with E-state index in [9.17, 15) is 14.3 Å². The summed E-state index contributed by atoms with van der Waals surface area (Å²) in [6.07, 6.45) is 0. The number of nitrogens with zero attached hydrogens (tertiary/aromatic N) is 1. The lowest BCUT2D eigenvalue weighted by Crippen LogP contribution is -2.19. The first kappa shape index (κ1) is 15.5. The Balaban J connectivity index is 2.12. The van der Waals surface area contributed by atoms with Crippen LogP contribution in [0.4, 0.5) is 4.39 Å². The zero-order valence-corrected chi connectivity index (χ0v) is 12.1. The number of benzene rings is 2. The van der Waals surface area contributed by atoms with Gasteiger partial charge < -0.3 is 9.84 Å². The average Bonchev–Trinajstić information content (AvgIpc) is 2.52. The highest BCUT2D eigenvalue weighted by atomic mass is 19.1. The Hall–Kier alpha value is -2.89. The van der Waals surface area contributed by atoms with Crippen LogP contribution in [0.25, 0.3) is 0 Å². The predicted octanol–water partition coefficient (Wildman–Crippen LogP) is 2.69. The number of rotatable bonds is 4. The lowest BCUT2D eigenvalue weighted by molar-refractivity contribution is 0.0954. The first-order valence-electron chi connectivity index (χ1n) is 6.49. The molecule has 0 radical (unpaired) electrons. The first-order chi connectivity index (χ1) is 10.5. The standard InChI is InChI=1S/C16H15FN2O3/c1-10(14-8-7-13(22-2)9-15(14)20)18-19-16(21)11-3-5-12(17)6-4-11/h3-9,20H,1-2H3,(H,19,21)/b18-10+. The molecule has 2 aromatic carbocycles. The Morgan fingerprint density at radius 3 is 2.50 bits per heavy atom. The van der Waals surface area contributed by atoms with Gasteiger partial charge in [-0.2, -0.15) is 5.10 Å². The van der Waals surface area contributed by atoms with Crippen molar-refractivity contribution in [3.8, 4) is 11.5 Å². The van der Waals surface area contributed by atoms with Gasteiger partial charge >= 0.3 is 0 Å². The van der Waals surface area contributed by atoms with Crippen molar-refractivity contribution < 1.29 is 19.0 Å². The minimum absolute atomic E-state index is 0.00312. The molecule has 22 heavy (non-hydrogen) atoms. The summed E-state index contributed by atoms with van der Waals surface area (Å²) in [5.41, 5.74) is 3.54. The number of phenols is 1. The molecule has 2 rings (SSSR count). The van der Waals surface area contributed by atoms with Gasteiger partial charge in [-0.1, -0.05) is 0 Å². The molecule has 0 spiro atoms. The SMILES string of the molecule is COc1ccc(/C(C)=N/NC(=O)c2ccc(F)cc2)c(O)c1. The number of hydrogen-bond donors (Lipinski definition) is 2. The van der Waals surface area contributed by atoms with Crippen molar-refractivity contribution in [1.82, 2.24) is 5.43 Å². The fourth-order valence-corrected chi connectivity index (χ4v) is 1.81. The number of carbonyl (C=O) groups excluding carboxylic acids is 1. The second-order valence-electron chi connectivity index (χ2n) is 4.53. The van der Waals surface area contributed by atoms with Crippen LogP contribution in [-0.4, -0.2) is 23.8 Å². The number of nitrogens with one attached hydrogen (secondary N) is 1. The van der Waals surface area contributed by atoms with E-state index in [-0.39, 0.29) is 11.3 Å². The van der Waals surface area contributed by atoms with Gasteiger partial charge in [-0.25, -0.2) is 9.82 Å². The summed E-state index contributed by atoms with van der Waals surface area (Å²) in [7, 11) is 1.50. The number of hydrogen-bond acceptors (Lipinski definition) is 4. The van der Waals surface area contributed by atoms with Crippen molar-refractivity contribution in [2.24, 2.45) is 5.10 Å². The number of halogens is 1. The van der Waals surface area contributed by atoms with Crippen LogP contribution in [0.15, 0.2) is 47.6 Å². The number of ether oxygens (including phenoxy) is 1. The summed E-state index contributed by atoms with van der Waals surface area (Å²) in [5.74, 6) is -0.368. The second-order valence-corrected chi connectivity index (χ2v) is 4.53. The molecule has 0 bridgehead atoms. The lowest BCUT2D eigenvalue weighted by Gasteiger charge is -2.07. The normalized spacial score (nSPS) is 11.1. The first-order valence-corrected chi connectivity index (χ1v) is 6.49. The van der Waals surface area contributed by atoms with E-state index >= 15 is 0 Å². The molecule has 0 saturated heterocycles. The van der Waals surface area contributed by atoms with Crippen LogP contribution in [0.3, 0.4) is 0 Å². The number of carbonyl (C=O) groups is 1.